The van der Waals surface area contributed by atoms with E-state index in [0.29, 0.717) is 33.6 Å². The number of hydrogen-bond acceptors (Lipinski definition) is 5. The molecule has 1 aromatic heterocycles. The first-order valence-corrected chi connectivity index (χ1v) is 9.82. The fourth-order valence-corrected chi connectivity index (χ4v) is 3.73. The van der Waals surface area contributed by atoms with Gasteiger partial charge in [0.1, 0.15) is 0 Å². The highest BCUT2D eigenvalue weighted by Crippen LogP contribution is 2.39. The summed E-state index contributed by atoms with van der Waals surface area (Å²) in [6, 6.07) is 11.8. The number of anilines is 2. The van der Waals surface area contributed by atoms with Gasteiger partial charge in [0, 0.05) is 26.5 Å². The molecule has 0 bridgehead atoms. The van der Waals surface area contributed by atoms with Gasteiger partial charge in [-0.25, -0.2) is 9.59 Å². The average molecular weight is 419 g/mol. The topological polar surface area (TPSA) is 76.7 Å². The second-order valence-electron chi connectivity index (χ2n) is 5.90. The SMILES string of the molecule is CCCOc1c(C(=O)OC)sc2ccc(NC(=O)Nc3ccc(Cl)cc3)cc12. The van der Waals surface area contributed by atoms with E-state index in [-0.39, 0.29) is 6.03 Å². The minimum absolute atomic E-state index is 0.388. The second-order valence-corrected chi connectivity index (χ2v) is 7.39. The number of urea groups is 1. The van der Waals surface area contributed by atoms with Gasteiger partial charge in [-0.2, -0.15) is 0 Å². The molecule has 28 heavy (non-hydrogen) atoms. The van der Waals surface area contributed by atoms with Crippen LogP contribution in [0.1, 0.15) is 23.0 Å². The first kappa shape index (κ1) is 20.0. The molecule has 2 N–H and O–H groups in total. The fourth-order valence-electron chi connectivity index (χ4n) is 2.55. The molecule has 2 aromatic carbocycles. The Bertz CT molecular complexity index is 1000. The summed E-state index contributed by atoms with van der Waals surface area (Å²) in [5, 5.41) is 6.86. The number of carbonyl (C=O) groups is 2. The number of esters is 1. The number of thiophene rings is 1. The van der Waals surface area contributed by atoms with Crippen LogP contribution in [0.15, 0.2) is 42.5 Å². The van der Waals surface area contributed by atoms with Crippen molar-refractivity contribution in [2.75, 3.05) is 24.4 Å². The monoisotopic (exact) mass is 418 g/mol. The Morgan fingerprint density at radius 1 is 1.07 bits per heavy atom. The zero-order valence-electron chi connectivity index (χ0n) is 15.4. The molecule has 3 rings (SSSR count). The molecule has 1 heterocycles. The van der Waals surface area contributed by atoms with Crippen molar-refractivity contribution < 1.29 is 19.1 Å². The highest BCUT2D eigenvalue weighted by atomic mass is 35.5. The van der Waals surface area contributed by atoms with Crippen LogP contribution in [0.5, 0.6) is 5.75 Å². The lowest BCUT2D eigenvalue weighted by molar-refractivity contribution is 0.0602. The van der Waals surface area contributed by atoms with Gasteiger partial charge in [0.2, 0.25) is 0 Å². The third kappa shape index (κ3) is 4.55. The van der Waals surface area contributed by atoms with E-state index >= 15 is 0 Å². The molecule has 0 saturated carbocycles. The summed E-state index contributed by atoms with van der Waals surface area (Å²) >= 11 is 7.15. The molecule has 0 radical (unpaired) electrons. The minimum atomic E-state index is -0.442. The van der Waals surface area contributed by atoms with Crippen LogP contribution in [0.3, 0.4) is 0 Å². The smallest absolute Gasteiger partial charge is 0.351 e. The summed E-state index contributed by atoms with van der Waals surface area (Å²) in [5.74, 6) is 0.0396. The molecule has 6 nitrogen and oxygen atoms in total. The number of benzene rings is 2. The van der Waals surface area contributed by atoms with E-state index in [1.165, 1.54) is 18.4 Å². The molecule has 0 aliphatic heterocycles. The number of nitrogens with one attached hydrogen (secondary N) is 2. The summed E-state index contributed by atoms with van der Waals surface area (Å²) < 4.78 is 11.5. The number of rotatable bonds is 6. The lowest BCUT2D eigenvalue weighted by atomic mass is 10.2. The van der Waals surface area contributed by atoms with E-state index in [1.807, 2.05) is 13.0 Å². The van der Waals surface area contributed by atoms with Gasteiger partial charge in [-0.15, -0.1) is 11.3 Å². The van der Waals surface area contributed by atoms with E-state index < -0.39 is 5.97 Å². The van der Waals surface area contributed by atoms with Crippen LogP contribution < -0.4 is 15.4 Å². The van der Waals surface area contributed by atoms with Crippen molar-refractivity contribution in [3.05, 3.63) is 52.4 Å². The molecule has 0 fully saturated rings. The number of amides is 2. The molecular formula is C20H19ClN2O4S. The van der Waals surface area contributed by atoms with Crippen molar-refractivity contribution in [2.24, 2.45) is 0 Å². The molecule has 146 valence electrons. The molecule has 8 heteroatoms. The molecule has 0 unspecified atom stereocenters. The lowest BCUT2D eigenvalue weighted by Gasteiger charge is -2.09. The highest BCUT2D eigenvalue weighted by Gasteiger charge is 2.21. The largest absolute Gasteiger partial charge is 0.491 e. The molecule has 3 aromatic rings. The maximum absolute atomic E-state index is 12.3. The molecule has 0 spiro atoms. The van der Waals surface area contributed by atoms with E-state index in [1.54, 1.807) is 36.4 Å². The molecule has 0 aliphatic rings. The number of hydrogen-bond donors (Lipinski definition) is 2. The van der Waals surface area contributed by atoms with Gasteiger partial charge < -0.3 is 20.1 Å². The first-order chi connectivity index (χ1) is 13.5. The van der Waals surface area contributed by atoms with Crippen molar-refractivity contribution >= 4 is 56.4 Å². The minimum Gasteiger partial charge on any atom is -0.491 e. The van der Waals surface area contributed by atoms with E-state index in [9.17, 15) is 9.59 Å². The maximum Gasteiger partial charge on any atom is 0.351 e. The lowest BCUT2D eigenvalue weighted by Crippen LogP contribution is -2.19. The Kier molecular flexibility index (Phi) is 6.38. The van der Waals surface area contributed by atoms with Crippen molar-refractivity contribution in [1.82, 2.24) is 0 Å². The van der Waals surface area contributed by atoms with Gasteiger partial charge in [0.25, 0.3) is 0 Å². The van der Waals surface area contributed by atoms with Crippen LogP contribution in [0.4, 0.5) is 16.2 Å². The molecule has 2 amide bonds. The summed E-state index contributed by atoms with van der Waals surface area (Å²) in [6.07, 6.45) is 0.805. The summed E-state index contributed by atoms with van der Waals surface area (Å²) in [4.78, 5) is 24.7. The predicted molar refractivity (Wildman–Crippen MR) is 113 cm³/mol. The van der Waals surface area contributed by atoms with Crippen LogP contribution in [0.25, 0.3) is 10.1 Å². The van der Waals surface area contributed by atoms with Gasteiger partial charge >= 0.3 is 12.0 Å². The first-order valence-electron chi connectivity index (χ1n) is 8.63. The van der Waals surface area contributed by atoms with Crippen LogP contribution in [-0.2, 0) is 4.74 Å². The molecule has 0 saturated heterocycles. The third-order valence-corrected chi connectivity index (χ3v) is 5.21. The van der Waals surface area contributed by atoms with Crippen LogP contribution in [0.2, 0.25) is 5.02 Å². The van der Waals surface area contributed by atoms with Crippen molar-refractivity contribution in [2.45, 2.75) is 13.3 Å². The zero-order valence-corrected chi connectivity index (χ0v) is 16.9. The number of methoxy groups -OCH3 is 1. The Morgan fingerprint density at radius 2 is 1.75 bits per heavy atom. The van der Waals surface area contributed by atoms with E-state index in [2.05, 4.69) is 10.6 Å². The number of carbonyl (C=O) groups excluding carboxylic acids is 2. The van der Waals surface area contributed by atoms with E-state index in [4.69, 9.17) is 21.1 Å². The van der Waals surface area contributed by atoms with Crippen LogP contribution in [-0.4, -0.2) is 25.7 Å². The average Bonchev–Trinajstić information content (AvgIpc) is 3.05. The predicted octanol–water partition coefficient (Wildman–Crippen LogP) is 5.77. The second kappa shape index (κ2) is 8.95. The summed E-state index contributed by atoms with van der Waals surface area (Å²) in [7, 11) is 1.34. The van der Waals surface area contributed by atoms with Crippen LogP contribution >= 0.6 is 22.9 Å². The van der Waals surface area contributed by atoms with Crippen molar-refractivity contribution in [3.63, 3.8) is 0 Å². The van der Waals surface area contributed by atoms with Gasteiger partial charge in [-0.3, -0.25) is 0 Å². The van der Waals surface area contributed by atoms with Gasteiger partial charge in [0.05, 0.1) is 13.7 Å². The van der Waals surface area contributed by atoms with Crippen molar-refractivity contribution in [3.8, 4) is 5.75 Å². The normalized spacial score (nSPS) is 10.5. The highest BCUT2D eigenvalue weighted by molar-refractivity contribution is 7.21. The van der Waals surface area contributed by atoms with E-state index in [0.717, 1.165) is 16.5 Å². The van der Waals surface area contributed by atoms with Gasteiger partial charge in [0.15, 0.2) is 10.6 Å². The number of fused-ring (bicyclic) bond motifs is 1. The Balaban J connectivity index is 1.84. The standard InChI is InChI=1S/C20H19ClN2O4S/c1-3-10-27-17-15-11-14(8-9-16(15)28-18(17)19(24)26-2)23-20(25)22-13-6-4-12(21)5-7-13/h4-9,11H,3,10H2,1-2H3,(H2,22,23,25). The summed E-state index contributed by atoms with van der Waals surface area (Å²) in [5.41, 5.74) is 1.20. The maximum atomic E-state index is 12.3. The van der Waals surface area contributed by atoms with Crippen molar-refractivity contribution in [1.29, 1.82) is 0 Å². The number of ether oxygens (including phenoxy) is 2. The molecule has 0 aliphatic carbocycles. The Labute approximate surface area is 171 Å². The zero-order chi connectivity index (χ0) is 20.1. The third-order valence-electron chi connectivity index (χ3n) is 3.82. The van der Waals surface area contributed by atoms with Crippen LogP contribution in [0, 0.1) is 0 Å². The Hall–Kier alpha value is -2.77. The number of halogens is 1. The quantitative estimate of drug-likeness (QED) is 0.498. The summed E-state index contributed by atoms with van der Waals surface area (Å²) in [6.45, 7) is 2.46. The molecular weight excluding hydrogens is 400 g/mol. The Morgan fingerprint density at radius 3 is 2.43 bits per heavy atom. The fraction of sp³-hybridized carbons (Fsp3) is 0.200. The van der Waals surface area contributed by atoms with Gasteiger partial charge in [-0.1, -0.05) is 18.5 Å². The molecule has 0 atom stereocenters. The van der Waals surface area contributed by atoms with Gasteiger partial charge in [-0.05, 0) is 48.9 Å².